The Balaban J connectivity index is 0.000000196. The molecule has 0 saturated heterocycles. The molecule has 8 N–H and O–H groups in total. The highest BCUT2D eigenvalue weighted by Crippen LogP contribution is 2.29. The van der Waals surface area contributed by atoms with Crippen molar-refractivity contribution in [1.82, 2.24) is 19.9 Å². The molecule has 4 rings (SSSR count). The van der Waals surface area contributed by atoms with Crippen molar-refractivity contribution < 1.29 is 8.42 Å². The van der Waals surface area contributed by atoms with Gasteiger partial charge < -0.3 is 17.2 Å². The van der Waals surface area contributed by atoms with Crippen LogP contribution in [0.4, 0.5) is 23.4 Å². The maximum absolute atomic E-state index is 11.9. The Morgan fingerprint density at radius 3 is 2.23 bits per heavy atom. The maximum atomic E-state index is 11.9. The van der Waals surface area contributed by atoms with Crippen LogP contribution in [0.15, 0.2) is 70.5 Å². The SMILES string of the molecule is CCc1nc(N)nc(N)c1-c1ccc(Cl)cc1.Nc1ccc(S(=O)(=O)Nc2nccc(=O)[nH]2)cc1. The molecule has 2 aromatic heterocycles. The van der Waals surface area contributed by atoms with Crippen molar-refractivity contribution in [3.8, 4) is 11.1 Å². The molecule has 0 bridgehead atoms. The first kappa shape index (κ1) is 25.5. The van der Waals surface area contributed by atoms with Gasteiger partial charge in [-0.3, -0.25) is 9.78 Å². The van der Waals surface area contributed by atoms with E-state index in [-0.39, 0.29) is 16.8 Å². The van der Waals surface area contributed by atoms with Gasteiger partial charge in [0.25, 0.3) is 15.6 Å². The van der Waals surface area contributed by atoms with Crippen molar-refractivity contribution in [2.24, 2.45) is 0 Å². The highest BCUT2D eigenvalue weighted by atomic mass is 35.5. The topological polar surface area (TPSA) is 196 Å². The van der Waals surface area contributed by atoms with Crippen molar-refractivity contribution in [1.29, 1.82) is 0 Å². The predicted octanol–water partition coefficient (Wildman–Crippen LogP) is 2.68. The van der Waals surface area contributed by atoms with E-state index >= 15 is 0 Å². The number of nitrogen functional groups attached to an aromatic ring is 3. The van der Waals surface area contributed by atoms with E-state index in [0.717, 1.165) is 23.2 Å². The largest absolute Gasteiger partial charge is 0.399 e. The molecule has 0 saturated carbocycles. The second kappa shape index (κ2) is 10.8. The first-order valence-corrected chi connectivity index (χ1v) is 12.1. The molecule has 0 aliphatic heterocycles. The van der Waals surface area contributed by atoms with Crippen LogP contribution in [0.2, 0.25) is 5.02 Å². The Hall–Kier alpha value is -4.16. The Morgan fingerprint density at radius 2 is 1.63 bits per heavy atom. The van der Waals surface area contributed by atoms with Crippen LogP contribution >= 0.6 is 11.6 Å². The van der Waals surface area contributed by atoms with E-state index in [9.17, 15) is 13.2 Å². The summed E-state index contributed by atoms with van der Waals surface area (Å²) < 4.78 is 26.0. The maximum Gasteiger partial charge on any atom is 0.264 e. The number of nitrogens with two attached hydrogens (primary N) is 3. The summed E-state index contributed by atoms with van der Waals surface area (Å²) in [6, 6.07) is 14.3. The van der Waals surface area contributed by atoms with Crippen molar-refractivity contribution in [3.63, 3.8) is 0 Å². The zero-order chi connectivity index (χ0) is 25.6. The highest BCUT2D eigenvalue weighted by molar-refractivity contribution is 7.92. The van der Waals surface area contributed by atoms with Gasteiger partial charge >= 0.3 is 0 Å². The number of rotatable bonds is 5. The normalized spacial score (nSPS) is 10.8. The number of hydrogen-bond acceptors (Lipinski definition) is 9. The van der Waals surface area contributed by atoms with Crippen LogP contribution in [0.5, 0.6) is 0 Å². The van der Waals surface area contributed by atoms with E-state index in [1.807, 2.05) is 31.2 Å². The Labute approximate surface area is 206 Å². The summed E-state index contributed by atoms with van der Waals surface area (Å²) in [6.45, 7) is 2.00. The number of benzene rings is 2. The quantitative estimate of drug-likeness (QED) is 0.248. The van der Waals surface area contributed by atoms with Crippen LogP contribution in [0, 0.1) is 0 Å². The Kier molecular flexibility index (Phi) is 7.89. The number of aromatic nitrogens is 4. The van der Waals surface area contributed by atoms with Crippen molar-refractivity contribution in [3.05, 3.63) is 81.9 Å². The molecule has 35 heavy (non-hydrogen) atoms. The molecule has 0 aliphatic rings. The number of nitrogens with one attached hydrogen (secondary N) is 2. The van der Waals surface area contributed by atoms with Gasteiger partial charge in [-0.2, -0.15) is 4.98 Å². The second-order valence-electron chi connectivity index (χ2n) is 7.11. The van der Waals surface area contributed by atoms with Crippen LogP contribution in [-0.4, -0.2) is 28.4 Å². The summed E-state index contributed by atoms with van der Waals surface area (Å²) in [4.78, 5) is 25.2. The van der Waals surface area contributed by atoms with E-state index in [2.05, 4.69) is 24.7 Å². The van der Waals surface area contributed by atoms with Gasteiger partial charge in [0, 0.05) is 28.5 Å². The van der Waals surface area contributed by atoms with Gasteiger partial charge in [0.1, 0.15) is 5.82 Å². The zero-order valence-electron chi connectivity index (χ0n) is 18.6. The molecule has 0 radical (unpaired) electrons. The molecule has 4 aromatic rings. The Bertz CT molecular complexity index is 1470. The van der Waals surface area contributed by atoms with E-state index in [1.165, 1.54) is 36.5 Å². The number of halogens is 1. The molecular weight excluding hydrogens is 492 g/mol. The first-order chi connectivity index (χ1) is 16.6. The minimum atomic E-state index is -3.79. The lowest BCUT2D eigenvalue weighted by atomic mass is 10.0. The van der Waals surface area contributed by atoms with E-state index in [1.54, 1.807) is 0 Å². The van der Waals surface area contributed by atoms with Crippen LogP contribution in [0.1, 0.15) is 12.6 Å². The second-order valence-corrected chi connectivity index (χ2v) is 9.23. The summed E-state index contributed by atoms with van der Waals surface area (Å²) in [5.41, 5.74) is 19.6. The molecule has 182 valence electrons. The monoisotopic (exact) mass is 514 g/mol. The molecule has 11 nitrogen and oxygen atoms in total. The van der Waals surface area contributed by atoms with Gasteiger partial charge in [0.05, 0.1) is 10.6 Å². The third-order valence-electron chi connectivity index (χ3n) is 4.59. The molecule has 0 spiro atoms. The fraction of sp³-hybridized carbons (Fsp3) is 0.0909. The van der Waals surface area contributed by atoms with Crippen molar-refractivity contribution in [2.75, 3.05) is 21.9 Å². The smallest absolute Gasteiger partial charge is 0.264 e. The number of sulfonamides is 1. The molecule has 0 amide bonds. The average molecular weight is 515 g/mol. The Morgan fingerprint density at radius 1 is 0.971 bits per heavy atom. The lowest BCUT2D eigenvalue weighted by Crippen LogP contribution is -2.18. The van der Waals surface area contributed by atoms with Crippen LogP contribution in [0.3, 0.4) is 0 Å². The molecular formula is C22H23ClN8O3S. The van der Waals surface area contributed by atoms with Gasteiger partial charge in [-0.25, -0.2) is 23.1 Å². The minimum absolute atomic E-state index is 0.0307. The number of aryl methyl sites for hydroxylation is 1. The predicted molar refractivity (Wildman–Crippen MR) is 137 cm³/mol. The molecule has 0 fully saturated rings. The van der Waals surface area contributed by atoms with E-state index < -0.39 is 15.6 Å². The number of hydrogen-bond donors (Lipinski definition) is 5. The van der Waals surface area contributed by atoms with Gasteiger partial charge in [-0.1, -0.05) is 30.7 Å². The molecule has 13 heteroatoms. The molecule has 0 aliphatic carbocycles. The third-order valence-corrected chi connectivity index (χ3v) is 6.20. The summed E-state index contributed by atoms with van der Waals surface area (Å²) in [7, 11) is -3.79. The van der Waals surface area contributed by atoms with Crippen LogP contribution in [0.25, 0.3) is 11.1 Å². The van der Waals surface area contributed by atoms with Gasteiger partial charge in [0.2, 0.25) is 11.9 Å². The van der Waals surface area contributed by atoms with Crippen LogP contribution < -0.4 is 27.5 Å². The number of H-pyrrole nitrogens is 1. The number of anilines is 4. The van der Waals surface area contributed by atoms with Gasteiger partial charge in [0.15, 0.2) is 0 Å². The average Bonchev–Trinajstić information content (AvgIpc) is 2.80. The lowest BCUT2D eigenvalue weighted by Gasteiger charge is -2.10. The molecule has 2 aromatic carbocycles. The molecule has 0 atom stereocenters. The van der Waals surface area contributed by atoms with Gasteiger partial charge in [-0.05, 0) is 48.4 Å². The van der Waals surface area contributed by atoms with Gasteiger partial charge in [-0.15, -0.1) is 0 Å². The van der Waals surface area contributed by atoms with E-state index in [0.29, 0.717) is 16.5 Å². The van der Waals surface area contributed by atoms with Crippen molar-refractivity contribution >= 4 is 45.0 Å². The number of nitrogens with zero attached hydrogens (tertiary/aromatic N) is 3. The summed E-state index contributed by atoms with van der Waals surface area (Å²) in [6.07, 6.45) is 1.95. The molecule has 2 heterocycles. The lowest BCUT2D eigenvalue weighted by molar-refractivity contribution is 0.601. The summed E-state index contributed by atoms with van der Waals surface area (Å²) in [5, 5.41) is 0.682. The van der Waals surface area contributed by atoms with Crippen molar-refractivity contribution in [2.45, 2.75) is 18.2 Å². The zero-order valence-corrected chi connectivity index (χ0v) is 20.1. The fourth-order valence-corrected chi connectivity index (χ4v) is 4.08. The summed E-state index contributed by atoms with van der Waals surface area (Å²) >= 11 is 5.86. The van der Waals surface area contributed by atoms with Crippen LogP contribution in [-0.2, 0) is 16.4 Å². The molecule has 0 unspecified atom stereocenters. The summed E-state index contributed by atoms with van der Waals surface area (Å²) in [5.74, 6) is 0.466. The fourth-order valence-electron chi connectivity index (χ4n) is 2.99. The highest BCUT2D eigenvalue weighted by Gasteiger charge is 2.15. The third kappa shape index (κ3) is 6.68. The number of aromatic amines is 1. The minimum Gasteiger partial charge on any atom is -0.399 e. The standard InChI is InChI=1S/C12H13ClN4.C10H10N4O3S/c1-2-9-10(11(14)17-12(15)16-9)7-3-5-8(13)6-4-7;11-7-1-3-8(4-2-7)18(16,17)14-10-12-6-5-9(15)13-10/h3-6H,2H2,1H3,(H4,14,15,16,17);1-6H,11H2,(H2,12,13,14,15). The first-order valence-electron chi connectivity index (χ1n) is 10.2. The van der Waals surface area contributed by atoms with E-state index in [4.69, 9.17) is 28.8 Å².